The van der Waals surface area contributed by atoms with Gasteiger partial charge in [0, 0.05) is 18.0 Å². The van der Waals surface area contributed by atoms with Crippen LogP contribution in [0.3, 0.4) is 0 Å². The number of fused-ring (bicyclic) bond motifs is 1. The van der Waals surface area contributed by atoms with E-state index in [1.54, 1.807) is 16.7 Å². The van der Waals surface area contributed by atoms with Gasteiger partial charge >= 0.3 is 0 Å². The number of hydrogen-bond acceptors (Lipinski definition) is 3. The van der Waals surface area contributed by atoms with Gasteiger partial charge in [0.2, 0.25) is 11.8 Å². The topological polar surface area (TPSA) is 63.4 Å². The van der Waals surface area contributed by atoms with Crippen LogP contribution in [0.25, 0.3) is 10.8 Å². The number of likely N-dealkylation sites (tertiary alicyclic amines) is 1. The van der Waals surface area contributed by atoms with E-state index in [2.05, 4.69) is 30.3 Å². The predicted molar refractivity (Wildman–Crippen MR) is 97.8 cm³/mol. The Morgan fingerprint density at radius 3 is 2.71 bits per heavy atom. The van der Waals surface area contributed by atoms with Crippen LogP contribution in [0.5, 0.6) is 0 Å². The molecule has 1 heterocycles. The Morgan fingerprint density at radius 1 is 1.21 bits per heavy atom. The van der Waals surface area contributed by atoms with Crippen molar-refractivity contribution in [3.63, 3.8) is 0 Å². The Labute approximate surface area is 146 Å². The minimum atomic E-state index is -0.303. The summed E-state index contributed by atoms with van der Waals surface area (Å²) >= 11 is 1.56. The zero-order valence-corrected chi connectivity index (χ0v) is 14.6. The molecule has 0 radical (unpaired) electrons. The molecule has 0 aromatic heterocycles. The highest BCUT2D eigenvalue weighted by molar-refractivity contribution is 8.00. The van der Waals surface area contributed by atoms with Crippen molar-refractivity contribution in [2.45, 2.75) is 29.9 Å². The molecule has 2 aromatic carbocycles. The molecule has 1 aliphatic heterocycles. The van der Waals surface area contributed by atoms with E-state index in [9.17, 15) is 9.59 Å². The molecule has 2 amide bonds. The first-order valence-electron chi connectivity index (χ1n) is 8.28. The van der Waals surface area contributed by atoms with Gasteiger partial charge in [-0.15, -0.1) is 11.8 Å². The lowest BCUT2D eigenvalue weighted by molar-refractivity contribution is -0.134. The molecule has 0 unspecified atom stereocenters. The van der Waals surface area contributed by atoms with Crippen LogP contribution in [0.4, 0.5) is 0 Å². The number of carbonyl (C=O) groups is 2. The molecule has 0 aliphatic carbocycles. The Hall–Kier alpha value is -2.01. The number of piperidine rings is 1. The lowest BCUT2D eigenvalue weighted by atomic mass is 9.97. The minimum absolute atomic E-state index is 0.0825. The predicted octanol–water partition coefficient (Wildman–Crippen LogP) is 3.04. The lowest BCUT2D eigenvalue weighted by Crippen LogP contribution is -2.46. The summed E-state index contributed by atoms with van der Waals surface area (Å²) < 4.78 is 0. The van der Waals surface area contributed by atoms with Gasteiger partial charge in [-0.2, -0.15) is 0 Å². The Balaban J connectivity index is 1.67. The third kappa shape index (κ3) is 3.73. The number of nitrogens with zero attached hydrogens (tertiary/aromatic N) is 1. The third-order valence-corrected chi connectivity index (χ3v) is 5.60. The monoisotopic (exact) mass is 342 g/mol. The molecular formula is C19H22N2O2S. The average Bonchev–Trinajstić information content (AvgIpc) is 2.61. The smallest absolute Gasteiger partial charge is 0.235 e. The van der Waals surface area contributed by atoms with Gasteiger partial charge in [-0.05, 0) is 42.7 Å². The number of nitrogens with two attached hydrogens (primary N) is 1. The summed E-state index contributed by atoms with van der Waals surface area (Å²) in [6.07, 6.45) is 1.62. The van der Waals surface area contributed by atoms with Crippen molar-refractivity contribution >= 4 is 34.3 Å². The van der Waals surface area contributed by atoms with E-state index in [1.807, 2.05) is 19.1 Å². The first-order valence-corrected chi connectivity index (χ1v) is 9.16. The second kappa shape index (κ2) is 7.26. The summed E-state index contributed by atoms with van der Waals surface area (Å²) in [6, 6.07) is 14.4. The highest BCUT2D eigenvalue weighted by atomic mass is 32.2. The zero-order chi connectivity index (χ0) is 17.1. The first-order chi connectivity index (χ1) is 11.5. The molecule has 2 N–H and O–H groups in total. The van der Waals surface area contributed by atoms with Gasteiger partial charge in [0.05, 0.1) is 11.2 Å². The molecule has 2 atom stereocenters. The number of amides is 2. The summed E-state index contributed by atoms with van der Waals surface area (Å²) in [5.74, 6) is -0.429. The van der Waals surface area contributed by atoms with Crippen LogP contribution in [-0.2, 0) is 9.59 Å². The fourth-order valence-corrected chi connectivity index (χ4v) is 4.16. The van der Waals surface area contributed by atoms with Crippen LogP contribution in [0, 0.1) is 5.92 Å². The van der Waals surface area contributed by atoms with Crippen molar-refractivity contribution in [2.75, 3.05) is 13.1 Å². The number of carbonyl (C=O) groups excluding carboxylic acids is 2. The van der Waals surface area contributed by atoms with E-state index in [1.165, 1.54) is 10.8 Å². The van der Waals surface area contributed by atoms with Crippen molar-refractivity contribution < 1.29 is 9.59 Å². The fourth-order valence-electron chi connectivity index (χ4n) is 3.16. The highest BCUT2D eigenvalue weighted by Crippen LogP contribution is 2.29. The number of hydrogen-bond donors (Lipinski definition) is 1. The molecule has 3 rings (SSSR count). The van der Waals surface area contributed by atoms with Gasteiger partial charge in [-0.25, -0.2) is 0 Å². The van der Waals surface area contributed by atoms with Crippen LogP contribution >= 0.6 is 11.8 Å². The van der Waals surface area contributed by atoms with Crippen LogP contribution in [0.15, 0.2) is 47.4 Å². The minimum Gasteiger partial charge on any atom is -0.369 e. The molecule has 0 bridgehead atoms. The zero-order valence-electron chi connectivity index (χ0n) is 13.8. The normalized spacial score (nSPS) is 19.2. The molecule has 2 aromatic rings. The molecular weight excluding hydrogens is 320 g/mol. The maximum Gasteiger partial charge on any atom is 0.235 e. The molecule has 1 fully saturated rings. The van der Waals surface area contributed by atoms with Crippen molar-refractivity contribution in [2.24, 2.45) is 11.7 Å². The SMILES string of the molecule is C[C@H](Sc1ccc2ccccc2c1)C(=O)N1CCC[C@H](C(N)=O)C1. The molecule has 126 valence electrons. The lowest BCUT2D eigenvalue weighted by Gasteiger charge is -2.32. The summed E-state index contributed by atoms with van der Waals surface area (Å²) in [6.45, 7) is 3.10. The first kappa shape index (κ1) is 16.8. The van der Waals surface area contributed by atoms with Gasteiger partial charge < -0.3 is 10.6 Å². The standard InChI is InChI=1S/C19H22N2O2S/c1-13(19(23)21-10-4-7-16(12-21)18(20)22)24-17-9-8-14-5-2-3-6-15(14)11-17/h2-3,5-6,8-9,11,13,16H,4,7,10,12H2,1H3,(H2,20,22)/t13-,16-/m0/s1. The molecule has 1 aliphatic rings. The average molecular weight is 342 g/mol. The number of thioether (sulfide) groups is 1. The molecule has 4 nitrogen and oxygen atoms in total. The van der Waals surface area contributed by atoms with E-state index in [4.69, 9.17) is 5.73 Å². The van der Waals surface area contributed by atoms with Crippen LogP contribution in [0.2, 0.25) is 0 Å². The molecule has 1 saturated heterocycles. The van der Waals surface area contributed by atoms with Gasteiger partial charge in [-0.3, -0.25) is 9.59 Å². The highest BCUT2D eigenvalue weighted by Gasteiger charge is 2.29. The van der Waals surface area contributed by atoms with Crippen molar-refractivity contribution in [3.8, 4) is 0 Å². The Kier molecular flexibility index (Phi) is 5.09. The molecule has 24 heavy (non-hydrogen) atoms. The van der Waals surface area contributed by atoms with E-state index in [0.29, 0.717) is 13.1 Å². The molecule has 0 saturated carbocycles. The summed E-state index contributed by atoms with van der Waals surface area (Å²) in [4.78, 5) is 26.9. The quantitative estimate of drug-likeness (QED) is 0.869. The Morgan fingerprint density at radius 2 is 1.96 bits per heavy atom. The van der Waals surface area contributed by atoms with Crippen molar-refractivity contribution in [1.29, 1.82) is 0 Å². The maximum atomic E-state index is 12.7. The van der Waals surface area contributed by atoms with Crippen molar-refractivity contribution in [3.05, 3.63) is 42.5 Å². The van der Waals surface area contributed by atoms with Crippen molar-refractivity contribution in [1.82, 2.24) is 4.90 Å². The number of benzene rings is 2. The second-order valence-electron chi connectivity index (χ2n) is 6.29. The summed E-state index contributed by atoms with van der Waals surface area (Å²) in [7, 11) is 0. The van der Waals surface area contributed by atoms with Crippen LogP contribution in [-0.4, -0.2) is 35.1 Å². The van der Waals surface area contributed by atoms with E-state index in [-0.39, 0.29) is 23.0 Å². The third-order valence-electron chi connectivity index (χ3n) is 4.52. The van der Waals surface area contributed by atoms with Gasteiger partial charge in [-0.1, -0.05) is 30.3 Å². The van der Waals surface area contributed by atoms with E-state index >= 15 is 0 Å². The second-order valence-corrected chi connectivity index (χ2v) is 7.71. The Bertz CT molecular complexity index is 762. The maximum absolute atomic E-state index is 12.7. The van der Waals surface area contributed by atoms with Gasteiger partial charge in [0.25, 0.3) is 0 Å². The molecule has 5 heteroatoms. The van der Waals surface area contributed by atoms with Gasteiger partial charge in [0.1, 0.15) is 0 Å². The van der Waals surface area contributed by atoms with E-state index < -0.39 is 0 Å². The number of rotatable bonds is 4. The number of primary amides is 1. The van der Waals surface area contributed by atoms with Crippen LogP contribution in [0.1, 0.15) is 19.8 Å². The fraction of sp³-hybridized carbons (Fsp3) is 0.368. The van der Waals surface area contributed by atoms with Crippen LogP contribution < -0.4 is 5.73 Å². The largest absolute Gasteiger partial charge is 0.369 e. The van der Waals surface area contributed by atoms with Gasteiger partial charge in [0.15, 0.2) is 0 Å². The molecule has 0 spiro atoms. The summed E-state index contributed by atoms with van der Waals surface area (Å²) in [5, 5.41) is 2.19. The van der Waals surface area contributed by atoms with E-state index in [0.717, 1.165) is 17.7 Å². The summed E-state index contributed by atoms with van der Waals surface area (Å²) in [5.41, 5.74) is 5.40.